The first-order chi connectivity index (χ1) is 9.34. The molecule has 0 saturated heterocycles. The van der Waals surface area contributed by atoms with Crippen LogP contribution in [0.15, 0.2) is 15.9 Å². The number of halogens is 1. The molecule has 0 aliphatic heterocycles. The van der Waals surface area contributed by atoms with E-state index in [-0.39, 0.29) is 12.5 Å². The Bertz CT molecular complexity index is 568. The smallest absolute Gasteiger partial charge is 0.329 e. The highest BCUT2D eigenvalue weighted by atomic mass is 79.9. The molecule has 1 fully saturated rings. The maximum absolute atomic E-state index is 12.0. The summed E-state index contributed by atoms with van der Waals surface area (Å²) in [5.41, 5.74) is -1.12. The first-order valence-corrected chi connectivity index (χ1v) is 7.50. The maximum atomic E-state index is 12.0. The molecule has 1 saturated carbocycles. The largest absolute Gasteiger partial charge is 0.480 e. The fourth-order valence-electron chi connectivity index (χ4n) is 1.73. The van der Waals surface area contributed by atoms with Crippen LogP contribution in [-0.2, 0) is 9.59 Å². The van der Waals surface area contributed by atoms with Gasteiger partial charge in [0.1, 0.15) is 5.54 Å². The molecule has 6 nitrogen and oxygen atoms in total. The van der Waals surface area contributed by atoms with Crippen LogP contribution in [0.3, 0.4) is 0 Å². The van der Waals surface area contributed by atoms with Crippen LogP contribution in [0.4, 0.5) is 0 Å². The molecule has 1 aliphatic rings. The molecule has 0 aromatic carbocycles. The van der Waals surface area contributed by atoms with Gasteiger partial charge in [0, 0.05) is 7.05 Å². The van der Waals surface area contributed by atoms with Crippen molar-refractivity contribution in [1.29, 1.82) is 0 Å². The van der Waals surface area contributed by atoms with Gasteiger partial charge in [0.25, 0.3) is 5.91 Å². The minimum Gasteiger partial charge on any atom is -0.480 e. The summed E-state index contributed by atoms with van der Waals surface area (Å²) in [6, 6.07) is 3.43. The number of nitrogens with one attached hydrogen (secondary N) is 1. The summed E-state index contributed by atoms with van der Waals surface area (Å²) in [5.74, 6) is -1.76. The number of aliphatic carboxylic acids is 1. The molecule has 108 valence electrons. The number of hydrogen-bond acceptors (Lipinski definition) is 4. The van der Waals surface area contributed by atoms with Crippen molar-refractivity contribution in [1.82, 2.24) is 10.2 Å². The Morgan fingerprint density at radius 1 is 1.45 bits per heavy atom. The molecular formula is C12H13BrN2O4S. The Hall–Kier alpha value is -1.41. The second-order valence-corrected chi connectivity index (χ2v) is 7.16. The minimum absolute atomic E-state index is 0.163. The topological polar surface area (TPSA) is 86.7 Å². The number of hydrogen-bond donors (Lipinski definition) is 2. The third-order valence-electron chi connectivity index (χ3n) is 3.05. The highest BCUT2D eigenvalue weighted by Gasteiger charge is 2.51. The average molecular weight is 361 g/mol. The average Bonchev–Trinajstić information content (AvgIpc) is 3.02. The van der Waals surface area contributed by atoms with Gasteiger partial charge >= 0.3 is 5.97 Å². The lowest BCUT2D eigenvalue weighted by Crippen LogP contribution is -2.47. The number of thiophene rings is 1. The highest BCUT2D eigenvalue weighted by molar-refractivity contribution is 9.11. The highest BCUT2D eigenvalue weighted by Crippen LogP contribution is 2.35. The fraction of sp³-hybridized carbons (Fsp3) is 0.417. The van der Waals surface area contributed by atoms with Gasteiger partial charge in [-0.15, -0.1) is 11.3 Å². The third kappa shape index (κ3) is 3.18. The SMILES string of the molecule is CN(CC(=O)NC1(C(=O)O)CC1)C(=O)c1ccc(Br)s1. The summed E-state index contributed by atoms with van der Waals surface area (Å²) < 4.78 is 0.835. The monoisotopic (exact) mass is 360 g/mol. The van der Waals surface area contributed by atoms with E-state index in [2.05, 4.69) is 21.2 Å². The summed E-state index contributed by atoms with van der Waals surface area (Å²) in [6.45, 7) is -0.163. The van der Waals surface area contributed by atoms with Gasteiger partial charge in [0.2, 0.25) is 5.91 Å². The molecule has 0 spiro atoms. The Labute approximate surface area is 127 Å². The van der Waals surface area contributed by atoms with E-state index < -0.39 is 17.4 Å². The number of carbonyl (C=O) groups excluding carboxylic acids is 2. The second-order valence-electron chi connectivity index (χ2n) is 4.70. The van der Waals surface area contributed by atoms with Gasteiger partial charge < -0.3 is 15.3 Å². The van der Waals surface area contributed by atoms with Gasteiger partial charge in [-0.2, -0.15) is 0 Å². The number of amides is 2. The predicted molar refractivity (Wildman–Crippen MR) is 76.7 cm³/mol. The molecular weight excluding hydrogens is 348 g/mol. The molecule has 0 radical (unpaired) electrons. The number of carboxylic acid groups (broad SMARTS) is 1. The van der Waals surface area contributed by atoms with E-state index in [1.807, 2.05) is 0 Å². The van der Waals surface area contributed by atoms with E-state index in [0.29, 0.717) is 17.7 Å². The van der Waals surface area contributed by atoms with Crippen LogP contribution < -0.4 is 5.32 Å². The Balaban J connectivity index is 1.91. The zero-order valence-electron chi connectivity index (χ0n) is 10.7. The van der Waals surface area contributed by atoms with Crippen molar-refractivity contribution < 1.29 is 19.5 Å². The van der Waals surface area contributed by atoms with Gasteiger partial charge in [0.15, 0.2) is 0 Å². The Kier molecular flexibility index (Phi) is 4.14. The van der Waals surface area contributed by atoms with Crippen molar-refractivity contribution in [2.45, 2.75) is 18.4 Å². The number of carbonyl (C=O) groups is 3. The number of likely N-dealkylation sites (N-methyl/N-ethyl adjacent to an activating group) is 1. The summed E-state index contributed by atoms with van der Waals surface area (Å²) in [4.78, 5) is 36.6. The van der Waals surface area contributed by atoms with E-state index >= 15 is 0 Å². The van der Waals surface area contributed by atoms with Crippen molar-refractivity contribution in [3.05, 3.63) is 20.8 Å². The van der Waals surface area contributed by atoms with Crippen LogP contribution in [0.2, 0.25) is 0 Å². The van der Waals surface area contributed by atoms with Crippen LogP contribution in [-0.4, -0.2) is 46.9 Å². The summed E-state index contributed by atoms with van der Waals surface area (Å²) >= 11 is 4.55. The molecule has 1 aromatic rings. The Morgan fingerprint density at radius 3 is 2.55 bits per heavy atom. The van der Waals surface area contributed by atoms with Crippen molar-refractivity contribution in [3.63, 3.8) is 0 Å². The van der Waals surface area contributed by atoms with E-state index in [4.69, 9.17) is 5.11 Å². The van der Waals surface area contributed by atoms with E-state index in [1.165, 1.54) is 23.3 Å². The maximum Gasteiger partial charge on any atom is 0.329 e. The lowest BCUT2D eigenvalue weighted by molar-refractivity contribution is -0.143. The van der Waals surface area contributed by atoms with Crippen molar-refractivity contribution >= 4 is 45.1 Å². The van der Waals surface area contributed by atoms with Crippen LogP contribution >= 0.6 is 27.3 Å². The van der Waals surface area contributed by atoms with E-state index in [1.54, 1.807) is 12.1 Å². The molecule has 8 heteroatoms. The predicted octanol–water partition coefficient (Wildman–Crippen LogP) is 1.32. The third-order valence-corrected chi connectivity index (χ3v) is 4.66. The fourth-order valence-corrected chi connectivity index (χ4v) is 3.11. The normalized spacial score (nSPS) is 15.5. The van der Waals surface area contributed by atoms with E-state index in [0.717, 1.165) is 3.79 Å². The Morgan fingerprint density at radius 2 is 2.10 bits per heavy atom. The first-order valence-electron chi connectivity index (χ1n) is 5.89. The summed E-state index contributed by atoms with van der Waals surface area (Å²) in [7, 11) is 1.51. The van der Waals surface area contributed by atoms with Crippen LogP contribution in [0.5, 0.6) is 0 Å². The summed E-state index contributed by atoms with van der Waals surface area (Å²) in [6.07, 6.45) is 0.868. The van der Waals surface area contributed by atoms with Crippen molar-refractivity contribution in [2.75, 3.05) is 13.6 Å². The van der Waals surface area contributed by atoms with Gasteiger partial charge in [-0.05, 0) is 40.9 Å². The van der Waals surface area contributed by atoms with Gasteiger partial charge in [0.05, 0.1) is 15.2 Å². The lowest BCUT2D eigenvalue weighted by atomic mass is 10.2. The molecule has 0 bridgehead atoms. The standard InChI is InChI=1S/C12H13BrN2O4S/c1-15(10(17)7-2-3-8(13)20-7)6-9(16)14-12(4-5-12)11(18)19/h2-3H,4-6H2,1H3,(H,14,16)(H,18,19). The molecule has 2 rings (SSSR count). The van der Waals surface area contributed by atoms with Crippen molar-refractivity contribution in [3.8, 4) is 0 Å². The number of carboxylic acids is 1. The first kappa shape index (κ1) is 15.0. The molecule has 1 aliphatic carbocycles. The lowest BCUT2D eigenvalue weighted by Gasteiger charge is -2.18. The van der Waals surface area contributed by atoms with Crippen molar-refractivity contribution in [2.24, 2.45) is 0 Å². The molecule has 0 unspecified atom stereocenters. The van der Waals surface area contributed by atoms with E-state index in [9.17, 15) is 14.4 Å². The second kappa shape index (κ2) is 5.53. The zero-order valence-corrected chi connectivity index (χ0v) is 13.1. The summed E-state index contributed by atoms with van der Waals surface area (Å²) in [5, 5.41) is 11.4. The number of rotatable bonds is 5. The molecule has 2 amide bonds. The molecule has 1 heterocycles. The molecule has 2 N–H and O–H groups in total. The molecule has 0 atom stereocenters. The van der Waals surface area contributed by atoms with Gasteiger partial charge in [-0.25, -0.2) is 4.79 Å². The molecule has 20 heavy (non-hydrogen) atoms. The molecule has 1 aromatic heterocycles. The van der Waals surface area contributed by atoms with Gasteiger partial charge in [-0.3, -0.25) is 9.59 Å². The quantitative estimate of drug-likeness (QED) is 0.828. The minimum atomic E-state index is -1.12. The number of nitrogens with zero attached hydrogens (tertiary/aromatic N) is 1. The van der Waals surface area contributed by atoms with Crippen LogP contribution in [0, 0.1) is 0 Å². The van der Waals surface area contributed by atoms with Crippen LogP contribution in [0.1, 0.15) is 22.5 Å². The zero-order chi connectivity index (χ0) is 14.9. The van der Waals surface area contributed by atoms with Gasteiger partial charge in [-0.1, -0.05) is 0 Å². The van der Waals surface area contributed by atoms with Crippen LogP contribution in [0.25, 0.3) is 0 Å².